The van der Waals surface area contributed by atoms with Crippen LogP contribution in [0.15, 0.2) is 103 Å². The van der Waals surface area contributed by atoms with Crippen LogP contribution < -0.4 is 15.5 Å². The molecular weight excluding hydrogens is 494 g/mol. The Kier molecular flexibility index (Phi) is 8.60. The van der Waals surface area contributed by atoms with Crippen molar-refractivity contribution in [2.45, 2.75) is 32.6 Å². The second-order valence-electron chi connectivity index (χ2n) is 10.5. The normalized spacial score (nSPS) is 14.4. The molecule has 40 heavy (non-hydrogen) atoms. The molecule has 4 aromatic carbocycles. The maximum atomic E-state index is 13.3. The van der Waals surface area contributed by atoms with Gasteiger partial charge in [-0.2, -0.15) is 0 Å². The molecule has 1 saturated heterocycles. The fourth-order valence-corrected chi connectivity index (χ4v) is 5.82. The number of amides is 2. The number of likely N-dealkylation sites (N-methyl/N-ethyl adjacent to an activating group) is 1. The topological polar surface area (TPSA) is 61.4 Å². The van der Waals surface area contributed by atoms with Gasteiger partial charge in [0.05, 0.1) is 5.92 Å². The Balaban J connectivity index is 1.24. The highest BCUT2D eigenvalue weighted by Crippen LogP contribution is 2.35. The molecule has 204 valence electrons. The van der Waals surface area contributed by atoms with Gasteiger partial charge >= 0.3 is 0 Å². The smallest absolute Gasteiger partial charge is 0.256 e. The van der Waals surface area contributed by atoms with Crippen LogP contribution in [0, 0.1) is 12.8 Å². The number of hydrogen-bond donors (Lipinski definition) is 2. The maximum absolute atomic E-state index is 13.3. The molecule has 0 aromatic heterocycles. The van der Waals surface area contributed by atoms with Crippen LogP contribution in [0.1, 0.15) is 47.2 Å². The van der Waals surface area contributed by atoms with Crippen molar-refractivity contribution in [1.82, 2.24) is 5.32 Å². The third-order valence-electron chi connectivity index (χ3n) is 7.90. The zero-order valence-corrected chi connectivity index (χ0v) is 23.3. The van der Waals surface area contributed by atoms with Crippen molar-refractivity contribution in [3.8, 4) is 11.1 Å². The number of nitrogens with one attached hydrogen (secondary N) is 2. The first-order valence-electron chi connectivity index (χ1n) is 14.2. The zero-order valence-electron chi connectivity index (χ0n) is 23.3. The predicted molar refractivity (Wildman–Crippen MR) is 164 cm³/mol. The highest BCUT2D eigenvalue weighted by molar-refractivity contribution is 6.09. The first-order chi connectivity index (χ1) is 19.5. The van der Waals surface area contributed by atoms with E-state index in [0.29, 0.717) is 18.0 Å². The molecule has 1 fully saturated rings. The van der Waals surface area contributed by atoms with E-state index < -0.39 is 0 Å². The predicted octanol–water partition coefficient (Wildman–Crippen LogP) is 7.05. The van der Waals surface area contributed by atoms with Crippen molar-refractivity contribution in [2.24, 2.45) is 5.92 Å². The summed E-state index contributed by atoms with van der Waals surface area (Å²) in [5.74, 6) is 0.182. The van der Waals surface area contributed by atoms with E-state index in [0.717, 1.165) is 59.6 Å². The summed E-state index contributed by atoms with van der Waals surface area (Å²) in [7, 11) is 0. The van der Waals surface area contributed by atoms with Crippen LogP contribution in [0.5, 0.6) is 0 Å². The molecule has 0 saturated carbocycles. The van der Waals surface area contributed by atoms with Crippen LogP contribution in [0.3, 0.4) is 0 Å². The zero-order chi connectivity index (χ0) is 27.9. The van der Waals surface area contributed by atoms with Gasteiger partial charge in [0.15, 0.2) is 0 Å². The van der Waals surface area contributed by atoms with E-state index in [2.05, 4.69) is 58.9 Å². The number of benzene rings is 4. The third kappa shape index (κ3) is 6.09. The van der Waals surface area contributed by atoms with Gasteiger partial charge < -0.3 is 15.5 Å². The number of carbonyl (C=O) groups is 2. The summed E-state index contributed by atoms with van der Waals surface area (Å²) in [6, 6.07) is 34.1. The molecule has 1 atom stereocenters. The van der Waals surface area contributed by atoms with Crippen LogP contribution in [-0.2, 0) is 4.79 Å². The summed E-state index contributed by atoms with van der Waals surface area (Å²) in [6.07, 6.45) is 1.90. The fourth-order valence-electron chi connectivity index (χ4n) is 5.82. The van der Waals surface area contributed by atoms with E-state index in [4.69, 9.17) is 0 Å². The number of anilines is 2. The first-order valence-corrected chi connectivity index (χ1v) is 14.2. The summed E-state index contributed by atoms with van der Waals surface area (Å²) in [4.78, 5) is 28.6. The fraction of sp³-hybridized carbons (Fsp3) is 0.257. The van der Waals surface area contributed by atoms with Gasteiger partial charge in [0.25, 0.3) is 5.91 Å². The van der Waals surface area contributed by atoms with Crippen molar-refractivity contribution in [2.75, 3.05) is 29.9 Å². The summed E-state index contributed by atoms with van der Waals surface area (Å²) in [5, 5.41) is 6.13. The van der Waals surface area contributed by atoms with Gasteiger partial charge in [-0.05, 0) is 85.2 Å². The molecule has 2 amide bonds. The minimum Gasteiger partial charge on any atom is -0.372 e. The molecule has 2 N–H and O–H groups in total. The third-order valence-corrected chi connectivity index (χ3v) is 7.90. The lowest BCUT2D eigenvalue weighted by Crippen LogP contribution is -2.40. The Morgan fingerprint density at radius 1 is 0.800 bits per heavy atom. The highest BCUT2D eigenvalue weighted by Gasteiger charge is 2.32. The van der Waals surface area contributed by atoms with E-state index in [1.54, 1.807) is 0 Å². The van der Waals surface area contributed by atoms with Gasteiger partial charge in [0.1, 0.15) is 0 Å². The van der Waals surface area contributed by atoms with Crippen LogP contribution in [-0.4, -0.2) is 31.4 Å². The summed E-state index contributed by atoms with van der Waals surface area (Å²) in [6.45, 7) is 6.46. The first kappa shape index (κ1) is 27.2. The second-order valence-corrected chi connectivity index (χ2v) is 10.5. The second kappa shape index (κ2) is 12.6. The van der Waals surface area contributed by atoms with Crippen LogP contribution >= 0.6 is 0 Å². The molecule has 0 bridgehead atoms. The largest absolute Gasteiger partial charge is 0.372 e. The van der Waals surface area contributed by atoms with Crippen LogP contribution in [0.4, 0.5) is 11.4 Å². The molecule has 1 aliphatic rings. The number of nitrogens with zero attached hydrogens (tertiary/aromatic N) is 1. The van der Waals surface area contributed by atoms with Crippen LogP contribution in [0.2, 0.25) is 0 Å². The Labute approximate surface area is 237 Å². The quantitative estimate of drug-likeness (QED) is 0.256. The maximum Gasteiger partial charge on any atom is 0.256 e. The Morgan fingerprint density at radius 3 is 2.10 bits per heavy atom. The van der Waals surface area contributed by atoms with E-state index >= 15 is 0 Å². The lowest BCUT2D eigenvalue weighted by molar-refractivity contribution is -0.123. The van der Waals surface area contributed by atoms with Gasteiger partial charge in [-0.25, -0.2) is 0 Å². The molecule has 0 spiro atoms. The number of carbonyl (C=O) groups excluding carboxylic acids is 2. The summed E-state index contributed by atoms with van der Waals surface area (Å²) >= 11 is 0. The molecule has 4 aromatic rings. The van der Waals surface area contributed by atoms with Gasteiger partial charge in [-0.3, -0.25) is 9.59 Å². The number of hydrogen-bond acceptors (Lipinski definition) is 3. The van der Waals surface area contributed by atoms with Crippen molar-refractivity contribution < 1.29 is 9.59 Å². The van der Waals surface area contributed by atoms with E-state index in [1.807, 2.05) is 73.7 Å². The average Bonchev–Trinajstić information content (AvgIpc) is 2.99. The van der Waals surface area contributed by atoms with Crippen molar-refractivity contribution in [3.63, 3.8) is 0 Å². The Morgan fingerprint density at radius 2 is 1.43 bits per heavy atom. The van der Waals surface area contributed by atoms with E-state index in [1.165, 1.54) is 0 Å². The molecule has 1 heterocycles. The molecule has 1 aliphatic heterocycles. The van der Waals surface area contributed by atoms with Crippen molar-refractivity contribution in [3.05, 3.63) is 120 Å². The average molecular weight is 532 g/mol. The van der Waals surface area contributed by atoms with Gasteiger partial charge in [0.2, 0.25) is 5.91 Å². The van der Waals surface area contributed by atoms with E-state index in [-0.39, 0.29) is 17.7 Å². The molecule has 5 nitrogen and oxygen atoms in total. The molecule has 0 aliphatic carbocycles. The molecule has 5 heteroatoms. The number of aryl methyl sites for hydroxylation is 1. The van der Waals surface area contributed by atoms with Gasteiger partial charge in [-0.15, -0.1) is 0 Å². The van der Waals surface area contributed by atoms with Crippen LogP contribution in [0.25, 0.3) is 11.1 Å². The molecule has 0 radical (unpaired) electrons. The molecule has 5 rings (SSSR count). The Bertz CT molecular complexity index is 1440. The monoisotopic (exact) mass is 531 g/mol. The summed E-state index contributed by atoms with van der Waals surface area (Å²) < 4.78 is 0. The van der Waals surface area contributed by atoms with Gasteiger partial charge in [0, 0.05) is 36.6 Å². The SMILES string of the molecule is CCNC(=O)C(c1ccccc1)C1CCN(c2ccc(NC(=O)c3ccccc3-c3ccccc3C)cc2)CC1. The molecule has 1 unspecified atom stereocenters. The highest BCUT2D eigenvalue weighted by atomic mass is 16.2. The Hall–Kier alpha value is -4.38. The lowest BCUT2D eigenvalue weighted by atomic mass is 9.79. The van der Waals surface area contributed by atoms with Gasteiger partial charge in [-0.1, -0.05) is 72.8 Å². The minimum absolute atomic E-state index is 0.121. The molecular formula is C35H37N3O2. The van der Waals surface area contributed by atoms with Crippen molar-refractivity contribution >= 4 is 23.2 Å². The number of piperidine rings is 1. The number of rotatable bonds is 8. The van der Waals surface area contributed by atoms with Crippen molar-refractivity contribution in [1.29, 1.82) is 0 Å². The summed E-state index contributed by atoms with van der Waals surface area (Å²) in [5.41, 5.74) is 6.78. The van der Waals surface area contributed by atoms with E-state index in [9.17, 15) is 9.59 Å². The lowest BCUT2D eigenvalue weighted by Gasteiger charge is -2.37. The standard InChI is InChI=1S/C35H37N3O2/c1-3-36-35(40)33(26-12-5-4-6-13-26)27-21-23-38(24-22-27)29-19-17-28(18-20-29)37-34(39)32-16-10-9-15-31(32)30-14-8-7-11-25(30)2/h4-20,27,33H,3,21-24H2,1-2H3,(H,36,40)(H,37,39). The minimum atomic E-state index is -0.122.